The van der Waals surface area contributed by atoms with Crippen LogP contribution in [0, 0.1) is 17.8 Å². The minimum absolute atomic E-state index is 0.278. The lowest BCUT2D eigenvalue weighted by Gasteiger charge is -2.24. The van der Waals surface area contributed by atoms with Crippen LogP contribution in [0.2, 0.25) is 0 Å². The van der Waals surface area contributed by atoms with Gasteiger partial charge < -0.3 is 4.74 Å². The number of hydrogen-bond acceptors (Lipinski definition) is 2. The van der Waals surface area contributed by atoms with E-state index in [2.05, 4.69) is 0 Å². The second-order valence-corrected chi connectivity index (χ2v) is 5.67. The van der Waals surface area contributed by atoms with E-state index in [1.54, 1.807) is 7.11 Å². The van der Waals surface area contributed by atoms with Gasteiger partial charge in [0, 0.05) is 23.0 Å². The highest BCUT2D eigenvalue weighted by Gasteiger charge is 2.56. The van der Waals surface area contributed by atoms with Crippen LogP contribution in [0.15, 0.2) is 18.2 Å². The molecule has 0 spiro atoms. The van der Waals surface area contributed by atoms with Crippen LogP contribution in [0.3, 0.4) is 0 Å². The van der Waals surface area contributed by atoms with Gasteiger partial charge in [0.05, 0.1) is 7.11 Å². The lowest BCUT2D eigenvalue weighted by Crippen LogP contribution is -2.20. The molecule has 3 aliphatic rings. The Bertz CT molecular complexity index is 506. The zero-order valence-corrected chi connectivity index (χ0v) is 9.98. The Hall–Kier alpha value is -1.31. The van der Waals surface area contributed by atoms with E-state index < -0.39 is 0 Å². The molecule has 88 valence electrons. The predicted molar refractivity (Wildman–Crippen MR) is 64.4 cm³/mol. The molecule has 2 fully saturated rings. The minimum Gasteiger partial charge on any atom is -0.496 e. The number of ether oxygens (including phenoxy) is 1. The van der Waals surface area contributed by atoms with Gasteiger partial charge in [-0.05, 0) is 37.2 Å². The Morgan fingerprint density at radius 3 is 2.71 bits per heavy atom. The molecule has 17 heavy (non-hydrogen) atoms. The molecule has 4 rings (SSSR count). The first-order chi connectivity index (χ1) is 8.31. The molecule has 2 saturated carbocycles. The molecule has 0 radical (unpaired) electrons. The predicted octanol–water partition coefficient (Wildman–Crippen LogP) is 3.02. The SMILES string of the molecule is COc1cccc2c1[C@H]1[C@@H]3CC[C@@H](C3)[C@H]1C2=O. The number of fused-ring (bicyclic) bond motifs is 7. The first-order valence-corrected chi connectivity index (χ1v) is 6.52. The van der Waals surface area contributed by atoms with E-state index in [0.29, 0.717) is 17.6 Å². The molecule has 4 atom stereocenters. The number of carbonyl (C=O) groups excluding carboxylic acids is 1. The molecule has 1 aromatic carbocycles. The fourth-order valence-corrected chi connectivity index (χ4v) is 4.54. The molecule has 2 bridgehead atoms. The minimum atomic E-state index is 0.278. The smallest absolute Gasteiger partial charge is 0.167 e. The normalized spacial score (nSPS) is 37.1. The fraction of sp³-hybridized carbons (Fsp3) is 0.533. The van der Waals surface area contributed by atoms with E-state index in [4.69, 9.17) is 4.74 Å². The lowest BCUT2D eigenvalue weighted by atomic mass is 9.79. The lowest BCUT2D eigenvalue weighted by molar-refractivity contribution is 0.0883. The fourth-order valence-electron chi connectivity index (χ4n) is 4.54. The summed E-state index contributed by atoms with van der Waals surface area (Å²) in [5.74, 6) is 3.43. The highest BCUT2D eigenvalue weighted by atomic mass is 16.5. The third kappa shape index (κ3) is 1.04. The van der Waals surface area contributed by atoms with Crippen LogP contribution < -0.4 is 4.74 Å². The van der Waals surface area contributed by atoms with Crippen LogP contribution in [0.25, 0.3) is 0 Å². The van der Waals surface area contributed by atoms with Crippen LogP contribution >= 0.6 is 0 Å². The maximum atomic E-state index is 12.5. The van der Waals surface area contributed by atoms with Crippen molar-refractivity contribution in [3.05, 3.63) is 29.3 Å². The molecule has 0 saturated heterocycles. The number of carbonyl (C=O) groups is 1. The van der Waals surface area contributed by atoms with Crippen molar-refractivity contribution in [2.45, 2.75) is 25.2 Å². The van der Waals surface area contributed by atoms with Gasteiger partial charge in [0.2, 0.25) is 0 Å². The second kappa shape index (κ2) is 3.12. The van der Waals surface area contributed by atoms with Crippen molar-refractivity contribution in [3.63, 3.8) is 0 Å². The summed E-state index contributed by atoms with van der Waals surface area (Å²) < 4.78 is 5.47. The van der Waals surface area contributed by atoms with E-state index >= 15 is 0 Å². The Morgan fingerprint density at radius 2 is 1.94 bits per heavy atom. The number of Topliss-reactive ketones (excluding diaryl/α,β-unsaturated/α-hetero) is 1. The van der Waals surface area contributed by atoms with Gasteiger partial charge in [0.15, 0.2) is 5.78 Å². The highest BCUT2D eigenvalue weighted by Crippen LogP contribution is 2.62. The van der Waals surface area contributed by atoms with Crippen LogP contribution in [0.4, 0.5) is 0 Å². The average Bonchev–Trinajstić information content (AvgIpc) is 3.02. The third-order valence-corrected chi connectivity index (χ3v) is 5.10. The average molecular weight is 228 g/mol. The molecule has 0 aromatic heterocycles. The van der Waals surface area contributed by atoms with Crippen molar-refractivity contribution >= 4 is 5.78 Å². The summed E-state index contributed by atoms with van der Waals surface area (Å²) in [6.45, 7) is 0. The van der Waals surface area contributed by atoms with Gasteiger partial charge in [0.1, 0.15) is 5.75 Å². The van der Waals surface area contributed by atoms with Crippen molar-refractivity contribution in [3.8, 4) is 5.75 Å². The number of ketones is 1. The Labute approximate surface area is 101 Å². The van der Waals surface area contributed by atoms with Crippen LogP contribution in [-0.2, 0) is 0 Å². The monoisotopic (exact) mass is 228 g/mol. The van der Waals surface area contributed by atoms with E-state index in [0.717, 1.165) is 17.2 Å². The second-order valence-electron chi connectivity index (χ2n) is 5.67. The summed E-state index contributed by atoms with van der Waals surface area (Å²) in [4.78, 5) is 12.5. The van der Waals surface area contributed by atoms with Gasteiger partial charge in [-0.3, -0.25) is 4.79 Å². The number of rotatable bonds is 1. The van der Waals surface area contributed by atoms with E-state index in [1.165, 1.54) is 24.8 Å². The van der Waals surface area contributed by atoms with E-state index in [9.17, 15) is 4.79 Å². The molecule has 0 amide bonds. The zero-order chi connectivity index (χ0) is 11.6. The van der Waals surface area contributed by atoms with Crippen molar-refractivity contribution in [2.24, 2.45) is 17.8 Å². The van der Waals surface area contributed by atoms with Crippen molar-refractivity contribution in [1.82, 2.24) is 0 Å². The van der Waals surface area contributed by atoms with Gasteiger partial charge >= 0.3 is 0 Å². The molecule has 2 nitrogen and oxygen atoms in total. The Morgan fingerprint density at radius 1 is 1.18 bits per heavy atom. The molecule has 2 heteroatoms. The third-order valence-electron chi connectivity index (χ3n) is 5.10. The van der Waals surface area contributed by atoms with Gasteiger partial charge in [-0.2, -0.15) is 0 Å². The maximum absolute atomic E-state index is 12.5. The standard InChI is InChI=1S/C15H16O2/c1-17-11-4-2-3-10-14(11)12-8-5-6-9(7-8)13(12)15(10)16/h2-4,8-9,12-13H,5-7H2,1H3/t8-,9+,12+,13-/m1/s1. The van der Waals surface area contributed by atoms with E-state index in [-0.39, 0.29) is 5.92 Å². The molecule has 0 aliphatic heterocycles. The van der Waals surface area contributed by atoms with Gasteiger partial charge in [0.25, 0.3) is 0 Å². The largest absolute Gasteiger partial charge is 0.496 e. The molecule has 1 aromatic rings. The molecule has 3 aliphatic carbocycles. The summed E-state index contributed by atoms with van der Waals surface area (Å²) in [5.41, 5.74) is 2.16. The molecular formula is C15H16O2. The van der Waals surface area contributed by atoms with E-state index in [1.807, 2.05) is 18.2 Å². The highest BCUT2D eigenvalue weighted by molar-refractivity contribution is 6.04. The molecule has 0 N–H and O–H groups in total. The molecule has 0 heterocycles. The maximum Gasteiger partial charge on any atom is 0.167 e. The quantitative estimate of drug-likeness (QED) is 0.738. The van der Waals surface area contributed by atoms with Crippen LogP contribution in [-0.4, -0.2) is 12.9 Å². The Balaban J connectivity index is 1.93. The topological polar surface area (TPSA) is 26.3 Å². The summed E-state index contributed by atoms with van der Waals surface area (Å²) in [6.07, 6.45) is 3.82. The van der Waals surface area contributed by atoms with Crippen LogP contribution in [0.5, 0.6) is 5.75 Å². The number of methoxy groups -OCH3 is 1. The molecule has 0 unspecified atom stereocenters. The first kappa shape index (κ1) is 9.69. The summed E-state index contributed by atoms with van der Waals surface area (Å²) >= 11 is 0. The summed E-state index contributed by atoms with van der Waals surface area (Å²) in [7, 11) is 1.71. The van der Waals surface area contributed by atoms with Crippen molar-refractivity contribution in [2.75, 3.05) is 7.11 Å². The zero-order valence-electron chi connectivity index (χ0n) is 9.98. The van der Waals surface area contributed by atoms with Crippen molar-refractivity contribution in [1.29, 1.82) is 0 Å². The van der Waals surface area contributed by atoms with Gasteiger partial charge in [-0.15, -0.1) is 0 Å². The molecular weight excluding hydrogens is 212 g/mol. The summed E-state index contributed by atoms with van der Waals surface area (Å²) in [6, 6.07) is 5.93. The van der Waals surface area contributed by atoms with Gasteiger partial charge in [-0.25, -0.2) is 0 Å². The first-order valence-electron chi connectivity index (χ1n) is 6.52. The van der Waals surface area contributed by atoms with Gasteiger partial charge in [-0.1, -0.05) is 12.1 Å². The number of hydrogen-bond donors (Lipinski definition) is 0. The number of benzene rings is 1. The van der Waals surface area contributed by atoms with Crippen molar-refractivity contribution < 1.29 is 9.53 Å². The summed E-state index contributed by atoms with van der Waals surface area (Å²) in [5, 5.41) is 0. The van der Waals surface area contributed by atoms with Crippen LogP contribution in [0.1, 0.15) is 41.1 Å². The Kier molecular flexibility index (Phi) is 1.78.